The fourth-order valence-corrected chi connectivity index (χ4v) is 1.48. The van der Waals surface area contributed by atoms with E-state index >= 15 is 0 Å². The zero-order chi connectivity index (χ0) is 11.4. The van der Waals surface area contributed by atoms with E-state index in [4.69, 9.17) is 16.7 Å². The van der Waals surface area contributed by atoms with E-state index in [-0.39, 0.29) is 0 Å². The number of hydrogen-bond acceptors (Lipinski definition) is 1. The van der Waals surface area contributed by atoms with Crippen LogP contribution in [0.15, 0.2) is 24.3 Å². The number of hydrogen-bond donors (Lipinski definition) is 1. The summed E-state index contributed by atoms with van der Waals surface area (Å²) in [4.78, 5) is 10.8. The molecule has 0 fully saturated rings. The first-order valence-electron chi connectivity index (χ1n) is 4.27. The van der Waals surface area contributed by atoms with E-state index in [2.05, 4.69) is 0 Å². The topological polar surface area (TPSA) is 37.3 Å². The van der Waals surface area contributed by atoms with E-state index in [0.29, 0.717) is 10.6 Å². The molecule has 0 amide bonds. The van der Waals surface area contributed by atoms with Gasteiger partial charge in [-0.15, -0.1) is 0 Å². The Kier molecular flexibility index (Phi) is 4.03. The fourth-order valence-electron chi connectivity index (χ4n) is 1.28. The molecule has 0 aromatic heterocycles. The Morgan fingerprint density at radius 3 is 2.60 bits per heavy atom. The molecule has 1 atom stereocenters. The summed E-state index contributed by atoms with van der Waals surface area (Å²) in [6, 6.07) is 5.97. The molecule has 0 spiro atoms. The predicted octanol–water partition coefficient (Wildman–Crippen LogP) is 3.16. The smallest absolute Gasteiger partial charge is 0.311 e. The van der Waals surface area contributed by atoms with Crippen molar-refractivity contribution in [2.24, 2.45) is 0 Å². The van der Waals surface area contributed by atoms with Crippen LogP contribution >= 0.6 is 11.6 Å². The normalized spacial score (nSPS) is 12.8. The number of halogens is 3. The second-order valence-electron chi connectivity index (χ2n) is 3.07. The van der Waals surface area contributed by atoms with Crippen molar-refractivity contribution >= 4 is 17.6 Å². The quantitative estimate of drug-likeness (QED) is 0.869. The number of carboxylic acids is 1. The molecule has 1 N–H and O–H groups in total. The van der Waals surface area contributed by atoms with Crippen LogP contribution < -0.4 is 0 Å². The van der Waals surface area contributed by atoms with Crippen LogP contribution in [0.2, 0.25) is 5.02 Å². The van der Waals surface area contributed by atoms with Gasteiger partial charge in [0.15, 0.2) is 0 Å². The van der Waals surface area contributed by atoms with Crippen LogP contribution in [-0.4, -0.2) is 17.5 Å². The molecule has 1 aromatic rings. The van der Waals surface area contributed by atoms with Crippen molar-refractivity contribution in [2.75, 3.05) is 0 Å². The molecule has 0 saturated carbocycles. The Morgan fingerprint density at radius 1 is 1.47 bits per heavy atom. The molecule has 0 saturated heterocycles. The van der Waals surface area contributed by atoms with E-state index in [1.807, 2.05) is 0 Å². The van der Waals surface area contributed by atoms with E-state index < -0.39 is 24.7 Å². The largest absolute Gasteiger partial charge is 0.481 e. The molecule has 0 aliphatic rings. The van der Waals surface area contributed by atoms with Crippen LogP contribution in [-0.2, 0) is 4.79 Å². The summed E-state index contributed by atoms with van der Waals surface area (Å²) in [5.41, 5.74) is 0.301. The fraction of sp³-hybridized carbons (Fsp3) is 0.300. The minimum atomic E-state index is -2.65. The summed E-state index contributed by atoms with van der Waals surface area (Å²) >= 11 is 5.65. The molecule has 2 nitrogen and oxygen atoms in total. The first kappa shape index (κ1) is 11.9. The van der Waals surface area contributed by atoms with Gasteiger partial charge in [0.25, 0.3) is 0 Å². The SMILES string of the molecule is O=C(O)C(CC(F)F)c1cccc(Cl)c1. The molecule has 1 unspecified atom stereocenters. The molecule has 1 rings (SSSR count). The third-order valence-corrected chi connectivity index (χ3v) is 2.20. The Hall–Kier alpha value is -1.16. The van der Waals surface area contributed by atoms with E-state index in [9.17, 15) is 13.6 Å². The zero-order valence-electron chi connectivity index (χ0n) is 7.66. The van der Waals surface area contributed by atoms with Gasteiger partial charge in [0.05, 0.1) is 5.92 Å². The molecule has 5 heteroatoms. The van der Waals surface area contributed by atoms with Gasteiger partial charge in [0.1, 0.15) is 0 Å². The van der Waals surface area contributed by atoms with Crippen molar-refractivity contribution in [3.8, 4) is 0 Å². The average molecular weight is 235 g/mol. The second kappa shape index (κ2) is 5.07. The molecule has 1 aromatic carbocycles. The number of aliphatic carboxylic acids is 1. The van der Waals surface area contributed by atoms with Crippen LogP contribution in [0, 0.1) is 0 Å². The standard InChI is InChI=1S/C10H9ClF2O2/c11-7-3-1-2-6(4-7)8(10(14)15)5-9(12)13/h1-4,8-9H,5H2,(H,14,15). The zero-order valence-corrected chi connectivity index (χ0v) is 8.42. The van der Waals surface area contributed by atoms with Gasteiger partial charge in [0.2, 0.25) is 6.43 Å². The Morgan fingerprint density at radius 2 is 2.13 bits per heavy atom. The van der Waals surface area contributed by atoms with Crippen molar-refractivity contribution in [3.05, 3.63) is 34.9 Å². The Labute approximate surface area is 90.5 Å². The highest BCUT2D eigenvalue weighted by Gasteiger charge is 2.24. The lowest BCUT2D eigenvalue weighted by Gasteiger charge is -2.12. The van der Waals surface area contributed by atoms with Crippen molar-refractivity contribution < 1.29 is 18.7 Å². The summed E-state index contributed by atoms with van der Waals surface area (Å²) in [6.45, 7) is 0. The summed E-state index contributed by atoms with van der Waals surface area (Å²) in [5.74, 6) is -2.47. The lowest BCUT2D eigenvalue weighted by Crippen LogP contribution is -2.14. The summed E-state index contributed by atoms with van der Waals surface area (Å²) in [6.07, 6.45) is -3.35. The molecule has 15 heavy (non-hydrogen) atoms. The second-order valence-corrected chi connectivity index (χ2v) is 3.51. The van der Waals surface area contributed by atoms with Crippen molar-refractivity contribution in [3.63, 3.8) is 0 Å². The molecule has 0 radical (unpaired) electrons. The van der Waals surface area contributed by atoms with Gasteiger partial charge in [0, 0.05) is 11.4 Å². The van der Waals surface area contributed by atoms with E-state index in [1.165, 1.54) is 12.1 Å². The van der Waals surface area contributed by atoms with Crippen molar-refractivity contribution in [2.45, 2.75) is 18.8 Å². The minimum Gasteiger partial charge on any atom is -0.481 e. The van der Waals surface area contributed by atoms with Crippen molar-refractivity contribution in [1.82, 2.24) is 0 Å². The number of benzene rings is 1. The lowest BCUT2D eigenvalue weighted by molar-refractivity contribution is -0.139. The number of rotatable bonds is 4. The first-order chi connectivity index (χ1) is 7.00. The van der Waals surface area contributed by atoms with E-state index in [1.54, 1.807) is 12.1 Å². The number of carboxylic acid groups (broad SMARTS) is 1. The maximum atomic E-state index is 12.1. The summed E-state index contributed by atoms with van der Waals surface area (Å²) in [7, 11) is 0. The van der Waals surface area contributed by atoms with Gasteiger partial charge in [-0.3, -0.25) is 4.79 Å². The summed E-state index contributed by atoms with van der Waals surface area (Å²) in [5, 5.41) is 9.13. The van der Waals surface area contributed by atoms with Gasteiger partial charge in [-0.1, -0.05) is 23.7 Å². The number of carbonyl (C=O) groups is 1. The Balaban J connectivity index is 2.94. The molecule has 0 heterocycles. The number of alkyl halides is 2. The third kappa shape index (κ3) is 3.47. The highest BCUT2D eigenvalue weighted by Crippen LogP contribution is 2.25. The maximum absolute atomic E-state index is 12.1. The van der Waals surface area contributed by atoms with Gasteiger partial charge in [-0.25, -0.2) is 8.78 Å². The third-order valence-electron chi connectivity index (χ3n) is 1.96. The molecule has 0 aliphatic carbocycles. The van der Waals surface area contributed by atoms with Gasteiger partial charge >= 0.3 is 5.97 Å². The summed E-state index contributed by atoms with van der Waals surface area (Å²) < 4.78 is 24.3. The van der Waals surface area contributed by atoms with Crippen LogP contribution in [0.3, 0.4) is 0 Å². The molecule has 82 valence electrons. The van der Waals surface area contributed by atoms with Gasteiger partial charge < -0.3 is 5.11 Å². The molecular weight excluding hydrogens is 226 g/mol. The van der Waals surface area contributed by atoms with E-state index in [0.717, 1.165) is 0 Å². The molecule has 0 aliphatic heterocycles. The minimum absolute atomic E-state index is 0.301. The van der Waals surface area contributed by atoms with Crippen LogP contribution in [0.4, 0.5) is 8.78 Å². The average Bonchev–Trinajstić information content (AvgIpc) is 2.13. The van der Waals surface area contributed by atoms with Crippen molar-refractivity contribution in [1.29, 1.82) is 0 Å². The highest BCUT2D eigenvalue weighted by atomic mass is 35.5. The lowest BCUT2D eigenvalue weighted by atomic mass is 9.96. The van der Waals surface area contributed by atoms with Crippen LogP contribution in [0.1, 0.15) is 17.9 Å². The molecule has 0 bridgehead atoms. The van der Waals surface area contributed by atoms with Crippen LogP contribution in [0.5, 0.6) is 0 Å². The Bertz CT molecular complexity index is 355. The first-order valence-corrected chi connectivity index (χ1v) is 4.65. The van der Waals surface area contributed by atoms with Crippen LogP contribution in [0.25, 0.3) is 0 Å². The monoisotopic (exact) mass is 234 g/mol. The van der Waals surface area contributed by atoms with Gasteiger partial charge in [-0.2, -0.15) is 0 Å². The molecular formula is C10H9ClF2O2. The maximum Gasteiger partial charge on any atom is 0.311 e. The highest BCUT2D eigenvalue weighted by molar-refractivity contribution is 6.30. The predicted molar refractivity (Wildman–Crippen MR) is 52.4 cm³/mol. The van der Waals surface area contributed by atoms with Gasteiger partial charge in [-0.05, 0) is 17.7 Å².